The minimum Gasteiger partial charge on any atom is -0.341 e. The minimum absolute atomic E-state index is 0.0188. The van der Waals surface area contributed by atoms with E-state index in [1.807, 2.05) is 47.8 Å². The summed E-state index contributed by atoms with van der Waals surface area (Å²) in [6, 6.07) is 9.43. The number of piperidine rings is 1. The Balaban J connectivity index is 1.60. The quantitative estimate of drug-likeness (QED) is 0.934. The van der Waals surface area contributed by atoms with Crippen molar-refractivity contribution < 1.29 is 4.79 Å². The molecule has 1 unspecified atom stereocenters. The third-order valence-corrected chi connectivity index (χ3v) is 4.15. The largest absolute Gasteiger partial charge is 0.341 e. The number of likely N-dealkylation sites (tertiary alicyclic amines) is 1. The van der Waals surface area contributed by atoms with Crippen LogP contribution in [0.2, 0.25) is 0 Å². The first-order chi connectivity index (χ1) is 10.3. The van der Waals surface area contributed by atoms with E-state index in [1.54, 1.807) is 6.20 Å². The molecule has 0 spiro atoms. The monoisotopic (exact) mass is 284 g/mol. The van der Waals surface area contributed by atoms with Crippen molar-refractivity contribution in [3.05, 3.63) is 54.6 Å². The molecule has 2 heterocycles. The number of nitrogens with zero attached hydrogens (tertiary/aromatic N) is 3. The number of benzene rings is 1. The number of amides is 1. The summed E-state index contributed by atoms with van der Waals surface area (Å²) >= 11 is 0. The zero-order valence-corrected chi connectivity index (χ0v) is 11.9. The maximum atomic E-state index is 12.5. The van der Waals surface area contributed by atoms with Gasteiger partial charge in [0.2, 0.25) is 5.91 Å². The number of carbonyl (C=O) groups excluding carboxylic acids is 1. The van der Waals surface area contributed by atoms with Crippen LogP contribution in [0.5, 0.6) is 0 Å². The van der Waals surface area contributed by atoms with Crippen molar-refractivity contribution in [1.29, 1.82) is 0 Å². The van der Waals surface area contributed by atoms with E-state index in [4.69, 9.17) is 5.73 Å². The molecule has 5 heteroatoms. The molecule has 1 amide bonds. The van der Waals surface area contributed by atoms with Crippen LogP contribution >= 0.6 is 0 Å². The van der Waals surface area contributed by atoms with Gasteiger partial charge in [-0.25, -0.2) is 4.98 Å². The second-order valence-electron chi connectivity index (χ2n) is 5.45. The van der Waals surface area contributed by atoms with Crippen LogP contribution in [0.3, 0.4) is 0 Å². The molecule has 0 aliphatic carbocycles. The molecule has 2 aromatic rings. The first kappa shape index (κ1) is 13.8. The summed E-state index contributed by atoms with van der Waals surface area (Å²) in [6.07, 6.45) is 7.52. The zero-order valence-electron chi connectivity index (χ0n) is 11.9. The maximum Gasteiger partial charge on any atom is 0.244 e. The molecule has 1 fully saturated rings. The molecule has 1 atom stereocenters. The van der Waals surface area contributed by atoms with Crippen molar-refractivity contribution in [2.45, 2.75) is 24.9 Å². The summed E-state index contributed by atoms with van der Waals surface area (Å²) in [4.78, 5) is 18.4. The fourth-order valence-corrected chi connectivity index (χ4v) is 2.87. The number of rotatable bonds is 3. The van der Waals surface area contributed by atoms with Crippen molar-refractivity contribution in [2.24, 2.45) is 5.73 Å². The van der Waals surface area contributed by atoms with Crippen LogP contribution in [0.15, 0.2) is 49.1 Å². The molecule has 0 saturated carbocycles. The van der Waals surface area contributed by atoms with Crippen molar-refractivity contribution in [1.82, 2.24) is 14.5 Å². The topological polar surface area (TPSA) is 64.2 Å². The van der Waals surface area contributed by atoms with Gasteiger partial charge >= 0.3 is 0 Å². The number of aromatic nitrogens is 2. The molecule has 1 aliphatic rings. The summed E-state index contributed by atoms with van der Waals surface area (Å²) < 4.78 is 2.12. The number of hydrogen-bond acceptors (Lipinski definition) is 3. The number of imidazole rings is 1. The van der Waals surface area contributed by atoms with Crippen LogP contribution in [0, 0.1) is 0 Å². The van der Waals surface area contributed by atoms with Gasteiger partial charge < -0.3 is 15.2 Å². The molecule has 1 aromatic carbocycles. The average Bonchev–Trinajstić information content (AvgIpc) is 3.09. The average molecular weight is 284 g/mol. The van der Waals surface area contributed by atoms with Gasteiger partial charge in [0.15, 0.2) is 0 Å². The molecule has 110 valence electrons. The predicted molar refractivity (Wildman–Crippen MR) is 80.4 cm³/mol. The van der Waals surface area contributed by atoms with Gasteiger partial charge in [-0.15, -0.1) is 0 Å². The molecule has 0 bridgehead atoms. The lowest BCUT2D eigenvalue weighted by molar-refractivity contribution is -0.134. The third-order valence-electron chi connectivity index (χ3n) is 4.15. The molecule has 0 radical (unpaired) electrons. The summed E-state index contributed by atoms with van der Waals surface area (Å²) in [5.74, 6) is 0.0188. The smallest absolute Gasteiger partial charge is 0.244 e. The molecular formula is C16H20N4O. The van der Waals surface area contributed by atoms with Gasteiger partial charge in [-0.2, -0.15) is 0 Å². The van der Waals surface area contributed by atoms with Crippen molar-refractivity contribution in [2.75, 3.05) is 13.1 Å². The molecule has 21 heavy (non-hydrogen) atoms. The predicted octanol–water partition coefficient (Wildman–Crippen LogP) is 1.75. The van der Waals surface area contributed by atoms with Crippen LogP contribution in [0.4, 0.5) is 0 Å². The molecule has 3 rings (SSSR count). The van der Waals surface area contributed by atoms with Gasteiger partial charge in [-0.3, -0.25) is 4.79 Å². The van der Waals surface area contributed by atoms with Gasteiger partial charge in [0.05, 0.1) is 6.33 Å². The number of hydrogen-bond donors (Lipinski definition) is 1. The fraction of sp³-hybridized carbons (Fsp3) is 0.375. The summed E-state index contributed by atoms with van der Waals surface area (Å²) in [5, 5.41) is 0. The highest BCUT2D eigenvalue weighted by atomic mass is 16.2. The highest BCUT2D eigenvalue weighted by Gasteiger charge is 2.27. The van der Waals surface area contributed by atoms with Crippen LogP contribution in [-0.4, -0.2) is 33.4 Å². The second kappa shape index (κ2) is 6.10. The Bertz CT molecular complexity index is 574. The van der Waals surface area contributed by atoms with E-state index >= 15 is 0 Å². The van der Waals surface area contributed by atoms with Crippen LogP contribution in [0.25, 0.3) is 0 Å². The van der Waals surface area contributed by atoms with Crippen LogP contribution < -0.4 is 5.73 Å². The zero-order chi connectivity index (χ0) is 14.7. The van der Waals surface area contributed by atoms with Gasteiger partial charge in [0, 0.05) is 31.5 Å². The Kier molecular flexibility index (Phi) is 4.01. The number of nitrogens with two attached hydrogens (primary N) is 1. The molecule has 1 aromatic heterocycles. The van der Waals surface area contributed by atoms with Crippen LogP contribution in [0.1, 0.15) is 30.5 Å². The summed E-state index contributed by atoms with van der Waals surface area (Å²) in [7, 11) is 0. The van der Waals surface area contributed by atoms with Crippen LogP contribution in [-0.2, 0) is 4.79 Å². The van der Waals surface area contributed by atoms with Gasteiger partial charge in [-0.1, -0.05) is 30.3 Å². The van der Waals surface area contributed by atoms with Gasteiger partial charge in [0.1, 0.15) is 6.04 Å². The lowest BCUT2D eigenvalue weighted by Gasteiger charge is -2.34. The van der Waals surface area contributed by atoms with Crippen molar-refractivity contribution in [3.63, 3.8) is 0 Å². The Morgan fingerprint density at radius 1 is 1.24 bits per heavy atom. The normalized spacial score (nSPS) is 17.7. The Morgan fingerprint density at radius 3 is 2.57 bits per heavy atom. The molecule has 1 aliphatic heterocycles. The standard InChI is InChI=1S/C16H20N4O/c17-15(13-4-2-1-3-5-13)16(21)19-9-6-14(7-10-19)20-11-8-18-12-20/h1-5,8,11-12,14-15H,6-7,9-10,17H2. The van der Waals surface area contributed by atoms with E-state index in [-0.39, 0.29) is 5.91 Å². The van der Waals surface area contributed by atoms with Gasteiger partial charge in [0.25, 0.3) is 0 Å². The second-order valence-corrected chi connectivity index (χ2v) is 5.45. The maximum absolute atomic E-state index is 12.5. The Hall–Kier alpha value is -2.14. The Morgan fingerprint density at radius 2 is 1.95 bits per heavy atom. The first-order valence-electron chi connectivity index (χ1n) is 7.32. The lowest BCUT2D eigenvalue weighted by atomic mass is 10.0. The van der Waals surface area contributed by atoms with E-state index in [1.165, 1.54) is 0 Å². The highest BCUT2D eigenvalue weighted by molar-refractivity contribution is 5.83. The lowest BCUT2D eigenvalue weighted by Crippen LogP contribution is -2.43. The molecular weight excluding hydrogens is 264 g/mol. The molecule has 5 nitrogen and oxygen atoms in total. The van der Waals surface area contributed by atoms with E-state index in [0.717, 1.165) is 31.5 Å². The molecule has 2 N–H and O–H groups in total. The summed E-state index contributed by atoms with van der Waals surface area (Å²) in [6.45, 7) is 1.50. The highest BCUT2D eigenvalue weighted by Crippen LogP contribution is 2.24. The fourth-order valence-electron chi connectivity index (χ4n) is 2.87. The van der Waals surface area contributed by atoms with E-state index in [9.17, 15) is 4.79 Å². The SMILES string of the molecule is NC(C(=O)N1CCC(n2ccnc2)CC1)c1ccccc1. The van der Waals surface area contributed by atoms with E-state index in [0.29, 0.717) is 6.04 Å². The summed E-state index contributed by atoms with van der Waals surface area (Å²) in [5.41, 5.74) is 6.97. The first-order valence-corrected chi connectivity index (χ1v) is 7.32. The Labute approximate surface area is 124 Å². The third kappa shape index (κ3) is 2.97. The van der Waals surface area contributed by atoms with Crippen molar-refractivity contribution >= 4 is 5.91 Å². The number of carbonyl (C=O) groups is 1. The van der Waals surface area contributed by atoms with E-state index < -0.39 is 6.04 Å². The molecule has 1 saturated heterocycles. The minimum atomic E-state index is -0.559. The van der Waals surface area contributed by atoms with E-state index in [2.05, 4.69) is 9.55 Å². The van der Waals surface area contributed by atoms with Gasteiger partial charge in [-0.05, 0) is 18.4 Å². The van der Waals surface area contributed by atoms with Crippen molar-refractivity contribution in [3.8, 4) is 0 Å².